The van der Waals surface area contributed by atoms with Crippen LogP contribution in [-0.2, 0) is 4.74 Å². The first-order valence-electron chi connectivity index (χ1n) is 5.79. The number of unbranched alkanes of at least 4 members (excludes halogenated alkanes) is 1. The topological polar surface area (TPSA) is 59.1 Å². The highest BCUT2D eigenvalue weighted by atomic mass is 79.9. The third kappa shape index (κ3) is 4.87. The molecule has 0 radical (unpaired) electrons. The van der Waals surface area contributed by atoms with E-state index in [-0.39, 0.29) is 0 Å². The Hall–Kier alpha value is -0.880. The summed E-state index contributed by atoms with van der Waals surface area (Å²) >= 11 is 3.44. The molecule has 0 aromatic carbocycles. The van der Waals surface area contributed by atoms with Crippen LogP contribution in [0.1, 0.15) is 19.8 Å². The van der Waals surface area contributed by atoms with E-state index >= 15 is 0 Å². The van der Waals surface area contributed by atoms with Gasteiger partial charge in [0.05, 0.1) is 6.61 Å². The van der Waals surface area contributed by atoms with Gasteiger partial charge in [-0.1, -0.05) is 13.3 Å². The van der Waals surface area contributed by atoms with Crippen molar-refractivity contribution in [2.45, 2.75) is 19.8 Å². The highest BCUT2D eigenvalue weighted by molar-refractivity contribution is 9.10. The Labute approximate surface area is 111 Å². The number of aromatic nitrogens is 2. The van der Waals surface area contributed by atoms with E-state index in [9.17, 15) is 0 Å². The van der Waals surface area contributed by atoms with Crippen molar-refractivity contribution < 1.29 is 4.74 Å². The largest absolute Gasteiger partial charge is 0.380 e. The van der Waals surface area contributed by atoms with Crippen LogP contribution in [-0.4, -0.2) is 36.8 Å². The molecule has 0 aliphatic heterocycles. The molecule has 0 aliphatic rings. The molecule has 0 amide bonds. The maximum absolute atomic E-state index is 5.46. The molecule has 1 aromatic rings. The zero-order chi connectivity index (χ0) is 12.5. The fraction of sp³-hybridized carbons (Fsp3) is 0.636. The Morgan fingerprint density at radius 1 is 1.29 bits per heavy atom. The standard InChI is InChI=1S/C11H19BrN4O/c1-3-4-6-17-7-5-14-11-9(12)10(13-2)15-8-16-11/h8H,3-7H2,1-2H3,(H2,13,14,15,16). The summed E-state index contributed by atoms with van der Waals surface area (Å²) in [5, 5.41) is 6.19. The summed E-state index contributed by atoms with van der Waals surface area (Å²) in [7, 11) is 1.82. The van der Waals surface area contributed by atoms with Crippen LogP contribution in [0.4, 0.5) is 11.6 Å². The second-order valence-electron chi connectivity index (χ2n) is 3.53. The van der Waals surface area contributed by atoms with Crippen molar-refractivity contribution in [3.8, 4) is 0 Å². The number of rotatable bonds is 8. The molecular weight excluding hydrogens is 284 g/mol. The minimum atomic E-state index is 0.686. The molecule has 2 N–H and O–H groups in total. The van der Waals surface area contributed by atoms with Crippen LogP contribution in [0, 0.1) is 0 Å². The lowest BCUT2D eigenvalue weighted by atomic mass is 10.4. The van der Waals surface area contributed by atoms with Crippen molar-refractivity contribution in [2.24, 2.45) is 0 Å². The molecule has 1 rings (SSSR count). The van der Waals surface area contributed by atoms with E-state index in [1.807, 2.05) is 7.05 Å². The van der Waals surface area contributed by atoms with Gasteiger partial charge in [-0.05, 0) is 22.4 Å². The maximum atomic E-state index is 5.46. The van der Waals surface area contributed by atoms with Gasteiger partial charge in [0.25, 0.3) is 0 Å². The van der Waals surface area contributed by atoms with Gasteiger partial charge in [0, 0.05) is 20.2 Å². The van der Waals surface area contributed by atoms with Crippen molar-refractivity contribution in [2.75, 3.05) is 37.4 Å². The molecule has 1 heterocycles. The summed E-state index contributed by atoms with van der Waals surface area (Å²) in [5.74, 6) is 1.55. The molecule has 0 saturated heterocycles. The van der Waals surface area contributed by atoms with Crippen LogP contribution in [0.15, 0.2) is 10.8 Å². The van der Waals surface area contributed by atoms with Gasteiger partial charge in [-0.2, -0.15) is 0 Å². The summed E-state index contributed by atoms with van der Waals surface area (Å²) < 4.78 is 6.30. The van der Waals surface area contributed by atoms with Crippen molar-refractivity contribution in [3.05, 3.63) is 10.8 Å². The van der Waals surface area contributed by atoms with E-state index in [4.69, 9.17) is 4.74 Å². The predicted molar refractivity (Wildman–Crippen MR) is 73.5 cm³/mol. The van der Waals surface area contributed by atoms with Gasteiger partial charge >= 0.3 is 0 Å². The lowest BCUT2D eigenvalue weighted by molar-refractivity contribution is 0.141. The van der Waals surface area contributed by atoms with Gasteiger partial charge in [0.15, 0.2) is 0 Å². The number of ether oxygens (including phenoxy) is 1. The van der Waals surface area contributed by atoms with Crippen molar-refractivity contribution in [1.82, 2.24) is 9.97 Å². The highest BCUT2D eigenvalue weighted by Gasteiger charge is 2.05. The molecule has 0 aliphatic carbocycles. The Morgan fingerprint density at radius 3 is 2.76 bits per heavy atom. The van der Waals surface area contributed by atoms with Crippen molar-refractivity contribution in [1.29, 1.82) is 0 Å². The molecule has 0 unspecified atom stereocenters. The van der Waals surface area contributed by atoms with Gasteiger partial charge in [-0.25, -0.2) is 9.97 Å². The van der Waals surface area contributed by atoms with Crippen LogP contribution in [0.2, 0.25) is 0 Å². The number of nitrogens with zero attached hydrogens (tertiary/aromatic N) is 2. The number of nitrogens with one attached hydrogen (secondary N) is 2. The van der Waals surface area contributed by atoms with E-state index in [1.165, 1.54) is 6.33 Å². The zero-order valence-electron chi connectivity index (χ0n) is 10.3. The first-order valence-corrected chi connectivity index (χ1v) is 6.58. The van der Waals surface area contributed by atoms with Crippen LogP contribution < -0.4 is 10.6 Å². The average molecular weight is 303 g/mol. The Bertz CT molecular complexity index is 335. The summed E-state index contributed by atoms with van der Waals surface area (Å²) in [6.45, 7) is 4.40. The summed E-state index contributed by atoms with van der Waals surface area (Å²) in [6.07, 6.45) is 3.80. The van der Waals surface area contributed by atoms with Gasteiger partial charge in [-0.3, -0.25) is 0 Å². The lowest BCUT2D eigenvalue weighted by Crippen LogP contribution is -2.12. The minimum Gasteiger partial charge on any atom is -0.380 e. The molecule has 1 aromatic heterocycles. The van der Waals surface area contributed by atoms with Crippen molar-refractivity contribution >= 4 is 27.6 Å². The quantitative estimate of drug-likeness (QED) is 0.723. The highest BCUT2D eigenvalue weighted by Crippen LogP contribution is 2.25. The third-order valence-corrected chi connectivity index (χ3v) is 2.96. The molecule has 6 heteroatoms. The van der Waals surface area contributed by atoms with Gasteiger partial charge in [0.2, 0.25) is 0 Å². The fourth-order valence-corrected chi connectivity index (χ4v) is 1.80. The Morgan fingerprint density at radius 2 is 2.06 bits per heavy atom. The molecule has 0 fully saturated rings. The second kappa shape index (κ2) is 8.25. The molecule has 5 nitrogen and oxygen atoms in total. The molecule has 0 bridgehead atoms. The van der Waals surface area contributed by atoms with Crippen LogP contribution in [0.25, 0.3) is 0 Å². The molecule has 0 saturated carbocycles. The van der Waals surface area contributed by atoms with Gasteiger partial charge in [-0.15, -0.1) is 0 Å². The number of hydrogen-bond donors (Lipinski definition) is 2. The van der Waals surface area contributed by atoms with E-state index < -0.39 is 0 Å². The molecule has 0 spiro atoms. The van der Waals surface area contributed by atoms with E-state index in [0.29, 0.717) is 6.61 Å². The fourth-order valence-electron chi connectivity index (χ4n) is 1.26. The Kier molecular flexibility index (Phi) is 6.88. The van der Waals surface area contributed by atoms with E-state index in [2.05, 4.69) is 43.5 Å². The Balaban J connectivity index is 2.31. The lowest BCUT2D eigenvalue weighted by Gasteiger charge is -2.10. The van der Waals surface area contributed by atoms with Crippen LogP contribution in [0.3, 0.4) is 0 Å². The molecule has 0 atom stereocenters. The monoisotopic (exact) mass is 302 g/mol. The molecule has 17 heavy (non-hydrogen) atoms. The van der Waals surface area contributed by atoms with E-state index in [0.717, 1.165) is 42.1 Å². The smallest absolute Gasteiger partial charge is 0.146 e. The summed E-state index contributed by atoms with van der Waals surface area (Å²) in [4.78, 5) is 8.24. The van der Waals surface area contributed by atoms with Crippen LogP contribution >= 0.6 is 15.9 Å². The minimum absolute atomic E-state index is 0.686. The normalized spacial score (nSPS) is 10.3. The first kappa shape index (κ1) is 14.2. The second-order valence-corrected chi connectivity index (χ2v) is 4.32. The zero-order valence-corrected chi connectivity index (χ0v) is 11.9. The number of hydrogen-bond acceptors (Lipinski definition) is 5. The van der Waals surface area contributed by atoms with Crippen LogP contribution in [0.5, 0.6) is 0 Å². The summed E-state index contributed by atoms with van der Waals surface area (Å²) in [5.41, 5.74) is 0. The SMILES string of the molecule is CCCCOCCNc1ncnc(NC)c1Br. The molecular formula is C11H19BrN4O. The average Bonchev–Trinajstić information content (AvgIpc) is 2.35. The van der Waals surface area contributed by atoms with E-state index in [1.54, 1.807) is 0 Å². The van der Waals surface area contributed by atoms with Gasteiger partial charge < -0.3 is 15.4 Å². The number of anilines is 2. The predicted octanol–water partition coefficient (Wildman–Crippen LogP) is 2.51. The third-order valence-electron chi connectivity index (χ3n) is 2.21. The van der Waals surface area contributed by atoms with Crippen molar-refractivity contribution in [3.63, 3.8) is 0 Å². The molecule has 96 valence electrons. The summed E-state index contributed by atoms with van der Waals surface area (Å²) in [6, 6.07) is 0. The maximum Gasteiger partial charge on any atom is 0.146 e. The van der Waals surface area contributed by atoms with Gasteiger partial charge in [0.1, 0.15) is 22.4 Å². The number of halogens is 1. The first-order chi connectivity index (χ1) is 8.29.